The maximum atomic E-state index is 13.7. The number of anilines is 1. The number of H-pyrrole nitrogens is 1. The van der Waals surface area contributed by atoms with Crippen LogP contribution in [0.4, 0.5) is 10.1 Å². The van der Waals surface area contributed by atoms with Gasteiger partial charge in [-0.1, -0.05) is 18.2 Å². The van der Waals surface area contributed by atoms with Crippen molar-refractivity contribution in [2.75, 3.05) is 31.8 Å². The zero-order valence-corrected chi connectivity index (χ0v) is 24.5. The number of ether oxygens (including phenoxy) is 1. The summed E-state index contributed by atoms with van der Waals surface area (Å²) in [5, 5.41) is 4.10. The number of hydrogen-bond acceptors (Lipinski definition) is 6. The fraction of sp³-hybridized carbons (Fsp3) is 0.125. The van der Waals surface area contributed by atoms with Gasteiger partial charge in [-0.2, -0.15) is 0 Å². The molecule has 0 saturated heterocycles. The van der Waals surface area contributed by atoms with Gasteiger partial charge in [0.2, 0.25) is 15.9 Å². The second-order valence-electron chi connectivity index (χ2n) is 10.0. The molecule has 0 atom stereocenters. The van der Waals surface area contributed by atoms with E-state index in [9.17, 15) is 17.6 Å². The highest BCUT2D eigenvalue weighted by Crippen LogP contribution is 2.42. The van der Waals surface area contributed by atoms with Crippen LogP contribution in [0.1, 0.15) is 10.4 Å². The Morgan fingerprint density at radius 3 is 2.44 bits per heavy atom. The first-order valence-electron chi connectivity index (χ1n) is 13.2. The molecule has 6 aromatic rings. The quantitative estimate of drug-likeness (QED) is 0.226. The molecule has 0 radical (unpaired) electrons. The van der Waals surface area contributed by atoms with Crippen LogP contribution in [0.3, 0.4) is 0 Å². The van der Waals surface area contributed by atoms with E-state index in [1.165, 1.54) is 45.5 Å². The van der Waals surface area contributed by atoms with E-state index in [-0.39, 0.29) is 22.6 Å². The Labute approximate surface area is 247 Å². The van der Waals surface area contributed by atoms with E-state index in [4.69, 9.17) is 9.15 Å². The van der Waals surface area contributed by atoms with Crippen molar-refractivity contribution in [2.24, 2.45) is 0 Å². The monoisotopic (exact) mass is 598 g/mol. The third-order valence-corrected chi connectivity index (χ3v) is 8.52. The summed E-state index contributed by atoms with van der Waals surface area (Å²) in [4.78, 5) is 21.3. The molecule has 0 bridgehead atoms. The van der Waals surface area contributed by atoms with Crippen molar-refractivity contribution in [2.45, 2.75) is 0 Å². The standard InChI is InChI=1S/C32H27FN4O5S/c1-34-32(38)30-23-16-22(26-14-20(15-29(36-26)41-3)25-13-19-7-5-6-8-24(19)35-25)27(37(2)43(4,39)40)17-28(23)42-31(30)18-9-11-21(33)12-10-18/h5-17,35H,1-4H3,(H,34,38). The van der Waals surface area contributed by atoms with E-state index < -0.39 is 21.7 Å². The van der Waals surface area contributed by atoms with Gasteiger partial charge in [-0.05, 0) is 48.5 Å². The molecular weight excluding hydrogens is 571 g/mol. The molecule has 9 nitrogen and oxygen atoms in total. The Bertz CT molecular complexity index is 2100. The third-order valence-electron chi connectivity index (χ3n) is 7.33. The fourth-order valence-electron chi connectivity index (χ4n) is 5.06. The molecular formula is C32H27FN4O5S. The van der Waals surface area contributed by atoms with Crippen molar-refractivity contribution in [1.82, 2.24) is 15.3 Å². The molecule has 11 heteroatoms. The number of halogens is 1. The molecule has 218 valence electrons. The summed E-state index contributed by atoms with van der Waals surface area (Å²) in [6.07, 6.45) is 1.10. The topological polar surface area (TPSA) is 118 Å². The number of para-hydroxylation sites is 1. The fourth-order valence-corrected chi connectivity index (χ4v) is 5.57. The minimum Gasteiger partial charge on any atom is -0.481 e. The maximum Gasteiger partial charge on any atom is 0.255 e. The Morgan fingerprint density at radius 2 is 1.77 bits per heavy atom. The molecule has 43 heavy (non-hydrogen) atoms. The molecule has 3 aromatic carbocycles. The molecule has 6 rings (SSSR count). The predicted octanol–water partition coefficient (Wildman–Crippen LogP) is 6.21. The molecule has 0 fully saturated rings. The number of nitrogens with one attached hydrogen (secondary N) is 2. The first kappa shape index (κ1) is 28.0. The zero-order chi connectivity index (χ0) is 30.5. The van der Waals surface area contributed by atoms with Crippen molar-refractivity contribution >= 4 is 43.5 Å². The van der Waals surface area contributed by atoms with E-state index in [1.807, 2.05) is 36.4 Å². The Balaban J connectivity index is 1.64. The second-order valence-corrected chi connectivity index (χ2v) is 12.1. The van der Waals surface area contributed by atoms with Crippen LogP contribution in [0.5, 0.6) is 5.88 Å². The number of rotatable bonds is 7. The smallest absolute Gasteiger partial charge is 0.255 e. The van der Waals surface area contributed by atoms with Crippen LogP contribution in [0.2, 0.25) is 0 Å². The van der Waals surface area contributed by atoms with Gasteiger partial charge >= 0.3 is 0 Å². The lowest BCUT2D eigenvalue weighted by atomic mass is 9.99. The SMILES string of the molecule is CNC(=O)c1c(-c2ccc(F)cc2)oc2cc(N(C)S(C)(=O)=O)c(-c3cc(-c4cc5ccccc5[nH]4)cc(OC)n3)cc12. The largest absolute Gasteiger partial charge is 0.481 e. The van der Waals surface area contributed by atoms with Crippen LogP contribution >= 0.6 is 0 Å². The van der Waals surface area contributed by atoms with E-state index in [0.29, 0.717) is 28.1 Å². The third kappa shape index (κ3) is 5.08. The summed E-state index contributed by atoms with van der Waals surface area (Å²) >= 11 is 0. The zero-order valence-electron chi connectivity index (χ0n) is 23.7. The van der Waals surface area contributed by atoms with Crippen LogP contribution in [0.15, 0.2) is 83.3 Å². The summed E-state index contributed by atoms with van der Waals surface area (Å²) in [5.74, 6) is -0.331. The molecule has 0 aliphatic carbocycles. The average molecular weight is 599 g/mol. The number of amides is 1. The van der Waals surface area contributed by atoms with Crippen molar-refractivity contribution < 1.29 is 26.8 Å². The molecule has 1 amide bonds. The highest BCUT2D eigenvalue weighted by Gasteiger charge is 2.26. The number of nitrogens with zero attached hydrogens (tertiary/aromatic N) is 2. The number of carbonyl (C=O) groups is 1. The van der Waals surface area contributed by atoms with Gasteiger partial charge in [0.05, 0.1) is 30.3 Å². The lowest BCUT2D eigenvalue weighted by molar-refractivity contribution is 0.0964. The lowest BCUT2D eigenvalue weighted by Gasteiger charge is -2.21. The number of aromatic amines is 1. The molecule has 3 aromatic heterocycles. The Morgan fingerprint density at radius 1 is 1.02 bits per heavy atom. The van der Waals surface area contributed by atoms with E-state index >= 15 is 0 Å². The molecule has 2 N–H and O–H groups in total. The van der Waals surface area contributed by atoms with Crippen LogP contribution in [0.25, 0.3) is 55.7 Å². The highest BCUT2D eigenvalue weighted by molar-refractivity contribution is 7.92. The van der Waals surface area contributed by atoms with Crippen molar-refractivity contribution in [1.29, 1.82) is 0 Å². The van der Waals surface area contributed by atoms with E-state index in [1.54, 1.807) is 18.2 Å². The Kier molecular flexibility index (Phi) is 6.89. The summed E-state index contributed by atoms with van der Waals surface area (Å²) in [7, 11) is 0.708. The maximum absolute atomic E-state index is 13.7. The molecule has 0 saturated carbocycles. The number of furan rings is 1. The second kappa shape index (κ2) is 10.6. The van der Waals surface area contributed by atoms with Gasteiger partial charge in [-0.15, -0.1) is 0 Å². The van der Waals surface area contributed by atoms with Gasteiger partial charge < -0.3 is 19.5 Å². The molecule has 0 spiro atoms. The molecule has 0 aliphatic rings. The summed E-state index contributed by atoms with van der Waals surface area (Å²) < 4.78 is 52.1. The molecule has 3 heterocycles. The van der Waals surface area contributed by atoms with Crippen molar-refractivity contribution in [3.05, 3.63) is 90.2 Å². The van der Waals surface area contributed by atoms with E-state index in [0.717, 1.165) is 32.7 Å². The van der Waals surface area contributed by atoms with Crippen LogP contribution in [0, 0.1) is 5.82 Å². The highest BCUT2D eigenvalue weighted by atomic mass is 32.2. The average Bonchev–Trinajstić information content (AvgIpc) is 3.61. The number of fused-ring (bicyclic) bond motifs is 2. The number of sulfonamides is 1. The Hall–Kier alpha value is -5.16. The number of aromatic nitrogens is 2. The van der Waals surface area contributed by atoms with Gasteiger partial charge in [0.25, 0.3) is 5.91 Å². The first-order valence-corrected chi connectivity index (χ1v) is 15.1. The van der Waals surface area contributed by atoms with Gasteiger partial charge in [-0.25, -0.2) is 17.8 Å². The first-order chi connectivity index (χ1) is 20.6. The molecule has 0 aliphatic heterocycles. The number of carbonyl (C=O) groups excluding carboxylic acids is 1. The number of methoxy groups -OCH3 is 1. The summed E-state index contributed by atoms with van der Waals surface area (Å²) in [6, 6.07) is 22.3. The lowest BCUT2D eigenvalue weighted by Crippen LogP contribution is -2.25. The summed E-state index contributed by atoms with van der Waals surface area (Å²) in [6.45, 7) is 0. The van der Waals surface area contributed by atoms with Crippen LogP contribution in [-0.2, 0) is 10.0 Å². The van der Waals surface area contributed by atoms with Crippen molar-refractivity contribution in [3.8, 4) is 39.7 Å². The van der Waals surface area contributed by atoms with Crippen LogP contribution < -0.4 is 14.4 Å². The minimum atomic E-state index is -3.73. The number of hydrogen-bond donors (Lipinski definition) is 2. The van der Waals surface area contributed by atoms with Gasteiger partial charge in [0, 0.05) is 64.9 Å². The minimum absolute atomic E-state index is 0.219. The number of pyridine rings is 1. The van der Waals surface area contributed by atoms with Gasteiger partial charge in [-0.3, -0.25) is 9.10 Å². The molecule has 0 unspecified atom stereocenters. The normalized spacial score (nSPS) is 11.7. The predicted molar refractivity (Wildman–Crippen MR) is 165 cm³/mol. The van der Waals surface area contributed by atoms with E-state index in [2.05, 4.69) is 15.3 Å². The van der Waals surface area contributed by atoms with Gasteiger partial charge in [0.1, 0.15) is 17.2 Å². The van der Waals surface area contributed by atoms with Gasteiger partial charge in [0.15, 0.2) is 0 Å². The number of benzene rings is 3. The summed E-state index contributed by atoms with van der Waals surface area (Å²) in [5.41, 5.74) is 4.62. The van der Waals surface area contributed by atoms with Crippen molar-refractivity contribution in [3.63, 3.8) is 0 Å². The van der Waals surface area contributed by atoms with Crippen LogP contribution in [-0.4, -0.2) is 51.8 Å².